The summed E-state index contributed by atoms with van der Waals surface area (Å²) in [6.07, 6.45) is 1.86. The van der Waals surface area contributed by atoms with Crippen LogP contribution in [0.4, 0.5) is 0 Å². The highest BCUT2D eigenvalue weighted by Crippen LogP contribution is 2.23. The number of rotatable bonds is 3. The molecule has 5 nitrogen and oxygen atoms in total. The number of halogens is 2. The molecule has 0 bridgehead atoms. The molecule has 2 aromatic heterocycles. The lowest BCUT2D eigenvalue weighted by atomic mass is 10.2. The Hall–Kier alpha value is -1.92. The summed E-state index contributed by atoms with van der Waals surface area (Å²) in [4.78, 5) is 12.1. The van der Waals surface area contributed by atoms with Crippen LogP contribution in [0.3, 0.4) is 0 Å². The van der Waals surface area contributed by atoms with Gasteiger partial charge in [-0.15, -0.1) is 10.2 Å². The zero-order chi connectivity index (χ0) is 14.8. The summed E-state index contributed by atoms with van der Waals surface area (Å²) in [6, 6.07) is 10.7. The number of nitrogens with zero attached hydrogens (tertiary/aromatic N) is 3. The van der Waals surface area contributed by atoms with E-state index in [4.69, 9.17) is 11.6 Å². The van der Waals surface area contributed by atoms with Crippen LogP contribution >= 0.6 is 27.5 Å². The third kappa shape index (κ3) is 2.91. The Morgan fingerprint density at radius 3 is 2.95 bits per heavy atom. The van der Waals surface area contributed by atoms with Gasteiger partial charge in [-0.1, -0.05) is 17.7 Å². The summed E-state index contributed by atoms with van der Waals surface area (Å²) in [7, 11) is 0. The highest BCUT2D eigenvalue weighted by atomic mass is 79.9. The fourth-order valence-corrected chi connectivity index (χ4v) is 2.41. The maximum Gasteiger partial charge on any atom is 0.251 e. The minimum absolute atomic E-state index is 0.194. The van der Waals surface area contributed by atoms with E-state index in [1.165, 1.54) is 0 Å². The molecule has 0 atom stereocenters. The number of benzene rings is 1. The van der Waals surface area contributed by atoms with Crippen molar-refractivity contribution in [2.45, 2.75) is 6.54 Å². The van der Waals surface area contributed by atoms with Gasteiger partial charge in [-0.25, -0.2) is 0 Å². The Bertz CT molecular complexity index is 818. The molecule has 0 aliphatic heterocycles. The molecule has 0 aliphatic carbocycles. The monoisotopic (exact) mass is 364 g/mol. The summed E-state index contributed by atoms with van der Waals surface area (Å²) in [5.74, 6) is 0.479. The molecule has 1 amide bonds. The van der Waals surface area contributed by atoms with Crippen molar-refractivity contribution in [2.24, 2.45) is 0 Å². The molecule has 0 unspecified atom stereocenters. The fraction of sp³-hybridized carbons (Fsp3) is 0.0714. The maximum atomic E-state index is 12.1. The lowest BCUT2D eigenvalue weighted by Crippen LogP contribution is -2.24. The molecule has 7 heteroatoms. The lowest BCUT2D eigenvalue weighted by molar-refractivity contribution is 0.0949. The molecule has 0 spiro atoms. The van der Waals surface area contributed by atoms with Gasteiger partial charge in [0.25, 0.3) is 5.91 Å². The van der Waals surface area contributed by atoms with Crippen molar-refractivity contribution in [1.29, 1.82) is 0 Å². The quantitative estimate of drug-likeness (QED) is 0.776. The van der Waals surface area contributed by atoms with Gasteiger partial charge in [0.05, 0.1) is 11.6 Å². The maximum absolute atomic E-state index is 12.1. The van der Waals surface area contributed by atoms with Crippen LogP contribution < -0.4 is 5.32 Å². The Kier molecular flexibility index (Phi) is 3.90. The van der Waals surface area contributed by atoms with E-state index in [0.717, 1.165) is 5.65 Å². The number of aromatic nitrogens is 3. The number of amides is 1. The second kappa shape index (κ2) is 5.83. The Morgan fingerprint density at radius 1 is 1.29 bits per heavy atom. The van der Waals surface area contributed by atoms with Crippen LogP contribution in [0.25, 0.3) is 5.65 Å². The van der Waals surface area contributed by atoms with E-state index in [1.54, 1.807) is 18.2 Å². The van der Waals surface area contributed by atoms with E-state index in [0.29, 0.717) is 27.4 Å². The Morgan fingerprint density at radius 2 is 2.14 bits per heavy atom. The molecule has 3 rings (SSSR count). The number of carbonyl (C=O) groups is 1. The van der Waals surface area contributed by atoms with E-state index >= 15 is 0 Å². The molecule has 0 aliphatic rings. The summed E-state index contributed by atoms with van der Waals surface area (Å²) < 4.78 is 2.52. The predicted octanol–water partition coefficient (Wildman–Crippen LogP) is 3.08. The van der Waals surface area contributed by atoms with Crippen LogP contribution in [0.2, 0.25) is 5.02 Å². The van der Waals surface area contributed by atoms with Gasteiger partial charge in [-0.3, -0.25) is 9.20 Å². The number of carbonyl (C=O) groups excluding carboxylic acids is 1. The largest absolute Gasteiger partial charge is 0.345 e. The van der Waals surface area contributed by atoms with Crippen molar-refractivity contribution in [2.75, 3.05) is 0 Å². The fourth-order valence-electron chi connectivity index (χ4n) is 1.91. The van der Waals surface area contributed by atoms with Crippen molar-refractivity contribution in [3.05, 3.63) is 63.5 Å². The molecule has 0 saturated heterocycles. The van der Waals surface area contributed by atoms with E-state index < -0.39 is 0 Å². The third-order valence-electron chi connectivity index (χ3n) is 2.97. The second-order valence-corrected chi connectivity index (χ2v) is 5.62. The van der Waals surface area contributed by atoms with Crippen LogP contribution in [0.1, 0.15) is 16.2 Å². The highest BCUT2D eigenvalue weighted by molar-refractivity contribution is 9.10. The molecule has 1 aromatic carbocycles. The van der Waals surface area contributed by atoms with Gasteiger partial charge < -0.3 is 5.32 Å². The molecule has 0 fully saturated rings. The Balaban J connectivity index is 1.75. The van der Waals surface area contributed by atoms with Crippen LogP contribution in [-0.2, 0) is 6.54 Å². The minimum atomic E-state index is -0.194. The first-order chi connectivity index (χ1) is 10.1. The summed E-state index contributed by atoms with van der Waals surface area (Å²) >= 11 is 9.21. The predicted molar refractivity (Wildman–Crippen MR) is 83.3 cm³/mol. The average molecular weight is 366 g/mol. The first kappa shape index (κ1) is 14.0. The molecule has 0 radical (unpaired) electrons. The van der Waals surface area contributed by atoms with Crippen molar-refractivity contribution in [1.82, 2.24) is 19.9 Å². The molecule has 3 aromatic rings. The van der Waals surface area contributed by atoms with Gasteiger partial charge in [0.1, 0.15) is 0 Å². The number of fused-ring (bicyclic) bond motifs is 1. The van der Waals surface area contributed by atoms with Gasteiger partial charge in [-0.2, -0.15) is 0 Å². The lowest BCUT2D eigenvalue weighted by Gasteiger charge is -2.05. The zero-order valence-corrected chi connectivity index (χ0v) is 13.1. The van der Waals surface area contributed by atoms with Crippen molar-refractivity contribution >= 4 is 39.1 Å². The molecule has 1 N–H and O–H groups in total. The standard InChI is InChI=1S/C14H10BrClN4O/c15-10-7-9(4-5-11(10)16)14(21)17-8-13-19-18-12-3-1-2-6-20(12)13/h1-7H,8H2,(H,17,21). The van der Waals surface area contributed by atoms with Crippen molar-refractivity contribution < 1.29 is 4.79 Å². The molecule has 0 saturated carbocycles. The average Bonchev–Trinajstić information content (AvgIpc) is 2.91. The minimum Gasteiger partial charge on any atom is -0.345 e. The van der Waals surface area contributed by atoms with Gasteiger partial charge >= 0.3 is 0 Å². The summed E-state index contributed by atoms with van der Waals surface area (Å²) in [5, 5.41) is 11.5. The number of nitrogens with one attached hydrogen (secondary N) is 1. The molecular weight excluding hydrogens is 356 g/mol. The molecule has 21 heavy (non-hydrogen) atoms. The molecule has 2 heterocycles. The highest BCUT2D eigenvalue weighted by Gasteiger charge is 2.10. The van der Waals surface area contributed by atoms with Crippen LogP contribution in [-0.4, -0.2) is 20.5 Å². The smallest absolute Gasteiger partial charge is 0.251 e. The van der Waals surface area contributed by atoms with Crippen molar-refractivity contribution in [3.8, 4) is 0 Å². The number of hydrogen-bond acceptors (Lipinski definition) is 3. The normalized spacial score (nSPS) is 10.8. The molecule has 106 valence electrons. The van der Waals surface area contributed by atoms with E-state index in [9.17, 15) is 4.79 Å². The first-order valence-corrected chi connectivity index (χ1v) is 7.34. The number of hydrogen-bond donors (Lipinski definition) is 1. The second-order valence-electron chi connectivity index (χ2n) is 4.36. The van der Waals surface area contributed by atoms with E-state index in [1.807, 2.05) is 28.8 Å². The SMILES string of the molecule is O=C(NCc1nnc2ccccn12)c1ccc(Cl)c(Br)c1. The van der Waals surface area contributed by atoms with Gasteiger partial charge in [0, 0.05) is 16.2 Å². The summed E-state index contributed by atoms with van der Waals surface area (Å²) in [6.45, 7) is 0.296. The van der Waals surface area contributed by atoms with Crippen LogP contribution in [0.15, 0.2) is 47.1 Å². The van der Waals surface area contributed by atoms with Crippen LogP contribution in [0.5, 0.6) is 0 Å². The number of pyridine rings is 1. The third-order valence-corrected chi connectivity index (χ3v) is 4.19. The molecular formula is C14H10BrClN4O. The topological polar surface area (TPSA) is 59.3 Å². The summed E-state index contributed by atoms with van der Waals surface area (Å²) in [5.41, 5.74) is 1.27. The first-order valence-electron chi connectivity index (χ1n) is 6.17. The van der Waals surface area contributed by atoms with Gasteiger partial charge in [-0.05, 0) is 46.3 Å². The van der Waals surface area contributed by atoms with E-state index in [-0.39, 0.29) is 5.91 Å². The zero-order valence-electron chi connectivity index (χ0n) is 10.8. The van der Waals surface area contributed by atoms with Gasteiger partial charge in [0.15, 0.2) is 11.5 Å². The van der Waals surface area contributed by atoms with Crippen molar-refractivity contribution in [3.63, 3.8) is 0 Å². The van der Waals surface area contributed by atoms with Crippen LogP contribution in [0, 0.1) is 0 Å². The van der Waals surface area contributed by atoms with E-state index in [2.05, 4.69) is 31.4 Å². The Labute approximate surface area is 134 Å². The van der Waals surface area contributed by atoms with Gasteiger partial charge in [0.2, 0.25) is 0 Å².